The van der Waals surface area contributed by atoms with E-state index in [1.54, 1.807) is 0 Å². The van der Waals surface area contributed by atoms with Gasteiger partial charge in [-0.3, -0.25) is 19.6 Å². The van der Waals surface area contributed by atoms with Crippen LogP contribution in [0.25, 0.3) is 45.1 Å². The summed E-state index contributed by atoms with van der Waals surface area (Å²) in [6.07, 6.45) is 10.8. The topological polar surface area (TPSA) is 161 Å². The smallest absolute Gasteiger partial charge is 0.322 e. The third-order valence-corrected chi connectivity index (χ3v) is 8.04. The zero-order valence-corrected chi connectivity index (χ0v) is 24.4. The normalized spacial score (nSPS) is 11.7. The number of H-pyrrole nitrogens is 2. The number of rotatable bonds is 13. The summed E-state index contributed by atoms with van der Waals surface area (Å²) < 4.78 is 3.88. The van der Waals surface area contributed by atoms with Crippen molar-refractivity contribution in [2.45, 2.75) is 77.3 Å². The number of fused-ring (bicyclic) bond motifs is 4. The number of benzene rings is 2. The van der Waals surface area contributed by atoms with Gasteiger partial charge in [0.05, 0.1) is 22.1 Å². The molecule has 2 aromatic carbocycles. The molecule has 0 saturated heterocycles. The molecule has 0 amide bonds. The first kappa shape index (κ1) is 29.1. The lowest BCUT2D eigenvalue weighted by atomic mass is 10.1. The average molecular weight is 595 g/mol. The van der Waals surface area contributed by atoms with Crippen LogP contribution in [-0.4, -0.2) is 39.0 Å². The third-order valence-electron chi connectivity index (χ3n) is 8.04. The number of para-hydroxylation sites is 4. The van der Waals surface area contributed by atoms with E-state index in [0.717, 1.165) is 62.4 Å². The molecule has 0 unspecified atom stereocenters. The van der Waals surface area contributed by atoms with Crippen LogP contribution >= 0.6 is 0 Å². The molecule has 12 nitrogen and oxygen atoms in total. The second-order valence-electron chi connectivity index (χ2n) is 11.1. The minimum Gasteiger partial charge on any atom is -0.322 e. The van der Waals surface area contributed by atoms with Crippen molar-refractivity contribution < 1.29 is 0 Å². The van der Waals surface area contributed by atoms with Crippen molar-refractivity contribution in [3.05, 3.63) is 90.2 Å². The summed E-state index contributed by atoms with van der Waals surface area (Å²) in [5, 5.41) is 0. The predicted molar refractivity (Wildman–Crippen MR) is 168 cm³/mol. The van der Waals surface area contributed by atoms with Crippen LogP contribution in [-0.2, 0) is 13.1 Å². The van der Waals surface area contributed by atoms with Crippen LogP contribution < -0.4 is 22.5 Å². The molecule has 12 heteroatoms. The van der Waals surface area contributed by atoms with Gasteiger partial charge in [0.25, 0.3) is 11.1 Å². The number of nitrogens with zero attached hydrogens (tertiary/aromatic N) is 6. The summed E-state index contributed by atoms with van der Waals surface area (Å²) in [6.45, 7) is 1.32. The van der Waals surface area contributed by atoms with Gasteiger partial charge in [-0.05, 0) is 37.1 Å². The van der Waals surface area contributed by atoms with Crippen molar-refractivity contribution in [1.29, 1.82) is 0 Å². The van der Waals surface area contributed by atoms with Gasteiger partial charge < -0.3 is 9.13 Å². The van der Waals surface area contributed by atoms with E-state index in [9.17, 15) is 19.2 Å². The van der Waals surface area contributed by atoms with Crippen molar-refractivity contribution in [2.24, 2.45) is 0 Å². The Hall–Kier alpha value is -5.00. The molecular weight excluding hydrogens is 560 g/mol. The molecular formula is C32H34N8O4. The van der Waals surface area contributed by atoms with Gasteiger partial charge in [-0.15, -0.1) is 0 Å². The lowest BCUT2D eigenvalue weighted by Crippen LogP contribution is -2.28. The van der Waals surface area contributed by atoms with Crippen molar-refractivity contribution in [1.82, 2.24) is 39.0 Å². The van der Waals surface area contributed by atoms with E-state index in [2.05, 4.69) is 29.9 Å². The monoisotopic (exact) mass is 594 g/mol. The Labute approximate surface area is 251 Å². The Morgan fingerprint density at radius 1 is 0.477 bits per heavy atom. The highest BCUT2D eigenvalue weighted by Gasteiger charge is 2.19. The molecule has 0 saturated carbocycles. The van der Waals surface area contributed by atoms with E-state index >= 15 is 0 Å². The fraction of sp³-hybridized carbons (Fsp3) is 0.375. The van der Waals surface area contributed by atoms with E-state index in [1.807, 2.05) is 57.7 Å². The molecule has 4 aliphatic heterocycles. The van der Waals surface area contributed by atoms with Gasteiger partial charge in [-0.1, -0.05) is 75.6 Å². The fourth-order valence-corrected chi connectivity index (χ4v) is 5.90. The lowest BCUT2D eigenvalue weighted by molar-refractivity contribution is 0.524. The molecule has 0 spiro atoms. The van der Waals surface area contributed by atoms with Gasteiger partial charge >= 0.3 is 11.4 Å². The first-order chi connectivity index (χ1) is 21.5. The lowest BCUT2D eigenvalue weighted by Gasteiger charge is -2.16. The standard InChI is InChI=1S/C32H34N8O4/c41-29-25-27(35-31(43)37-29)39(23-17-11-9-15-21(23)33-25)19-13-7-5-3-1-2-4-6-8-14-20-40-24-18-12-10-16-22(24)34-26-28(40)36-32(44)38-30(26)42/h9-12,15-18H,1-8,13-14,19-20H2,(H,37,41,43)(H,38,42,44). The average Bonchev–Trinajstić information content (AvgIpc) is 3.01. The summed E-state index contributed by atoms with van der Waals surface area (Å²) in [5.41, 5.74) is 1.18. The Morgan fingerprint density at radius 2 is 0.841 bits per heavy atom. The van der Waals surface area contributed by atoms with E-state index < -0.39 is 22.5 Å². The number of unbranched alkanes of at least 4 members (excludes halogenated alkanes) is 9. The summed E-state index contributed by atoms with van der Waals surface area (Å²) >= 11 is 0. The second-order valence-corrected chi connectivity index (χ2v) is 11.1. The largest absolute Gasteiger partial charge is 0.349 e. The van der Waals surface area contributed by atoms with Crippen LogP contribution in [0.5, 0.6) is 0 Å². The first-order valence-electron chi connectivity index (χ1n) is 15.3. The molecule has 0 aromatic heterocycles. The summed E-state index contributed by atoms with van der Waals surface area (Å²) in [6, 6.07) is 15.2. The van der Waals surface area contributed by atoms with Crippen LogP contribution in [0.15, 0.2) is 67.7 Å². The third kappa shape index (κ3) is 6.19. The van der Waals surface area contributed by atoms with Crippen LogP contribution in [0.4, 0.5) is 0 Å². The molecule has 0 bridgehead atoms. The van der Waals surface area contributed by atoms with Crippen molar-refractivity contribution in [2.75, 3.05) is 0 Å². The van der Waals surface area contributed by atoms with E-state index in [1.165, 1.54) is 12.8 Å². The zero-order valence-electron chi connectivity index (χ0n) is 24.4. The Kier molecular flexibility index (Phi) is 8.67. The van der Waals surface area contributed by atoms with Gasteiger partial charge in [0.15, 0.2) is 23.0 Å². The summed E-state index contributed by atoms with van der Waals surface area (Å²) in [5.74, 6) is 0.669. The minimum absolute atomic E-state index is 0.188. The maximum absolute atomic E-state index is 12.3. The van der Waals surface area contributed by atoms with Crippen LogP contribution in [0.1, 0.15) is 64.2 Å². The highest BCUT2D eigenvalue weighted by molar-refractivity contribution is 5.80. The predicted octanol–water partition coefficient (Wildman–Crippen LogP) is 4.08. The van der Waals surface area contributed by atoms with E-state index in [0.29, 0.717) is 35.8 Å². The van der Waals surface area contributed by atoms with E-state index in [4.69, 9.17) is 0 Å². The summed E-state index contributed by atoms with van der Waals surface area (Å²) in [4.78, 5) is 69.9. The molecule has 0 fully saturated rings. The Bertz CT molecular complexity index is 1940. The number of hydrogen-bond donors (Lipinski definition) is 2. The molecule has 6 rings (SSSR count). The second kappa shape index (κ2) is 13.1. The number of aromatic amines is 2. The summed E-state index contributed by atoms with van der Waals surface area (Å²) in [7, 11) is 0. The molecule has 4 aliphatic rings. The van der Waals surface area contributed by atoms with Gasteiger partial charge in [-0.2, -0.15) is 9.97 Å². The molecule has 0 radical (unpaired) electrons. The molecule has 226 valence electrons. The highest BCUT2D eigenvalue weighted by atomic mass is 16.2. The van der Waals surface area contributed by atoms with Crippen LogP contribution in [0.3, 0.4) is 0 Å². The van der Waals surface area contributed by atoms with Crippen molar-refractivity contribution >= 4 is 22.1 Å². The van der Waals surface area contributed by atoms with Crippen LogP contribution in [0.2, 0.25) is 0 Å². The highest BCUT2D eigenvalue weighted by Crippen LogP contribution is 2.23. The first-order valence-corrected chi connectivity index (χ1v) is 15.3. The molecule has 0 atom stereocenters. The number of hydrogen-bond acceptors (Lipinski definition) is 8. The molecule has 4 heterocycles. The molecule has 2 N–H and O–H groups in total. The number of aromatic nitrogens is 8. The minimum atomic E-state index is -0.655. The number of nitrogens with one attached hydrogen (secondary N) is 2. The number of aryl methyl sites for hydroxylation is 2. The zero-order chi connectivity index (χ0) is 30.5. The molecule has 2 aromatic rings. The van der Waals surface area contributed by atoms with E-state index in [-0.39, 0.29) is 11.4 Å². The quantitative estimate of drug-likeness (QED) is 0.149. The Morgan fingerprint density at radius 3 is 1.25 bits per heavy atom. The Balaban J connectivity index is 0.935. The molecule has 0 aliphatic carbocycles. The van der Waals surface area contributed by atoms with Crippen LogP contribution in [0, 0.1) is 0 Å². The van der Waals surface area contributed by atoms with Gasteiger partial charge in [0.2, 0.25) is 0 Å². The maximum atomic E-state index is 12.3. The fourth-order valence-electron chi connectivity index (χ4n) is 5.90. The van der Waals surface area contributed by atoms with Gasteiger partial charge in [0, 0.05) is 13.1 Å². The van der Waals surface area contributed by atoms with Gasteiger partial charge in [0.1, 0.15) is 0 Å². The SMILES string of the molecule is O=c1nc2n(CCCCCCCCCCCCn3c4nc(=O)[nH]c(=O)c-4nc4ccccc43)c3ccccc3nc-2c(=O)[nH]1. The van der Waals surface area contributed by atoms with Gasteiger partial charge in [-0.25, -0.2) is 19.6 Å². The van der Waals surface area contributed by atoms with Crippen molar-refractivity contribution in [3.8, 4) is 23.0 Å². The molecule has 44 heavy (non-hydrogen) atoms. The van der Waals surface area contributed by atoms with Crippen molar-refractivity contribution in [3.63, 3.8) is 0 Å². The maximum Gasteiger partial charge on any atom is 0.349 e.